The minimum Gasteiger partial charge on any atom is -0.492 e. The van der Waals surface area contributed by atoms with Crippen LogP contribution in [0.4, 0.5) is 19.2 Å². The van der Waals surface area contributed by atoms with Crippen LogP contribution in [0.2, 0.25) is 0 Å². The molecule has 0 spiro atoms. The molecule has 4 aromatic rings. The Morgan fingerprint density at radius 3 is 2.50 bits per heavy atom. The molecule has 36 heavy (non-hydrogen) atoms. The lowest BCUT2D eigenvalue weighted by molar-refractivity contribution is -0.145. The topological polar surface area (TPSA) is 85.0 Å². The lowest BCUT2D eigenvalue weighted by Gasteiger charge is -2.17. The summed E-state index contributed by atoms with van der Waals surface area (Å²) in [6.07, 6.45) is -5.94. The summed E-state index contributed by atoms with van der Waals surface area (Å²) in [7, 11) is 1.84. The number of fused-ring (bicyclic) bond motifs is 1. The molecule has 0 unspecified atom stereocenters. The van der Waals surface area contributed by atoms with Crippen molar-refractivity contribution in [1.29, 1.82) is 0 Å². The number of halogens is 3. The highest BCUT2D eigenvalue weighted by molar-refractivity contribution is 5.74. The maximum atomic E-state index is 12.9. The summed E-state index contributed by atoms with van der Waals surface area (Å²) in [5.41, 5.74) is 1.19. The Morgan fingerprint density at radius 2 is 1.81 bits per heavy atom. The second kappa shape index (κ2) is 10.6. The van der Waals surface area contributed by atoms with Crippen LogP contribution in [-0.4, -0.2) is 42.4 Å². The monoisotopic (exact) mass is 500 g/mol. The number of aliphatic carboxylic acids is 1. The fourth-order valence-corrected chi connectivity index (χ4v) is 3.44. The van der Waals surface area contributed by atoms with E-state index in [1.54, 1.807) is 24.3 Å². The van der Waals surface area contributed by atoms with Crippen LogP contribution < -0.4 is 14.4 Å². The second-order valence-electron chi connectivity index (χ2n) is 8.05. The number of alkyl halides is 3. The number of rotatable bonds is 10. The van der Waals surface area contributed by atoms with Crippen LogP contribution in [0, 0.1) is 0 Å². The van der Waals surface area contributed by atoms with Crippen molar-refractivity contribution in [2.75, 3.05) is 25.1 Å². The minimum absolute atomic E-state index is 0.0354. The molecule has 188 valence electrons. The zero-order valence-corrected chi connectivity index (χ0v) is 19.2. The standard InChI is InChI=1S/C26H23F3N2O5/c1-31(25-30-21-7-2-3-8-22(21)36-25)13-14-34-19-11-9-17(10-12-19)15-23(24(32)33)35-20-6-4-5-18(16-20)26(27,28)29/h2-12,16,23H,13-15H2,1H3,(H,32,33)/t23-/m0/s1. The van der Waals surface area contributed by atoms with Gasteiger partial charge >= 0.3 is 12.1 Å². The second-order valence-corrected chi connectivity index (χ2v) is 8.05. The number of carboxylic acid groups (broad SMARTS) is 1. The highest BCUT2D eigenvalue weighted by Crippen LogP contribution is 2.31. The lowest BCUT2D eigenvalue weighted by Crippen LogP contribution is -2.29. The van der Waals surface area contributed by atoms with Crippen LogP contribution in [0.15, 0.2) is 77.2 Å². The van der Waals surface area contributed by atoms with E-state index in [1.807, 2.05) is 36.2 Å². The fraction of sp³-hybridized carbons (Fsp3) is 0.231. The van der Waals surface area contributed by atoms with Crippen molar-refractivity contribution in [1.82, 2.24) is 4.98 Å². The first-order chi connectivity index (χ1) is 17.2. The number of hydrogen-bond donors (Lipinski definition) is 1. The zero-order valence-electron chi connectivity index (χ0n) is 19.2. The van der Waals surface area contributed by atoms with E-state index in [2.05, 4.69) is 4.98 Å². The Hall–Kier alpha value is -4.21. The van der Waals surface area contributed by atoms with Crippen molar-refractivity contribution in [3.63, 3.8) is 0 Å². The highest BCUT2D eigenvalue weighted by Gasteiger charge is 2.31. The molecular weight excluding hydrogens is 477 g/mol. The average Bonchev–Trinajstić information content (AvgIpc) is 3.29. The van der Waals surface area contributed by atoms with Gasteiger partial charge in [-0.1, -0.05) is 30.3 Å². The Bertz CT molecular complexity index is 1290. The smallest absolute Gasteiger partial charge is 0.416 e. The number of carboxylic acids is 1. The number of ether oxygens (including phenoxy) is 2. The molecular formula is C26H23F3N2O5. The molecule has 1 heterocycles. The molecule has 0 amide bonds. The van der Waals surface area contributed by atoms with Crippen molar-refractivity contribution >= 4 is 23.1 Å². The molecule has 0 radical (unpaired) electrons. The van der Waals surface area contributed by atoms with Gasteiger partial charge in [0, 0.05) is 13.5 Å². The van der Waals surface area contributed by atoms with Crippen molar-refractivity contribution in [3.05, 3.63) is 83.9 Å². The molecule has 0 aliphatic heterocycles. The van der Waals surface area contributed by atoms with Gasteiger partial charge in [-0.3, -0.25) is 0 Å². The molecule has 1 N–H and O–H groups in total. The average molecular weight is 500 g/mol. The van der Waals surface area contributed by atoms with Crippen LogP contribution in [0.1, 0.15) is 11.1 Å². The first-order valence-corrected chi connectivity index (χ1v) is 11.0. The van der Waals surface area contributed by atoms with Gasteiger partial charge in [0.05, 0.1) is 12.1 Å². The third-order valence-corrected chi connectivity index (χ3v) is 5.36. The lowest BCUT2D eigenvalue weighted by atomic mass is 10.1. The Balaban J connectivity index is 1.31. The highest BCUT2D eigenvalue weighted by atomic mass is 19.4. The normalized spacial score (nSPS) is 12.3. The number of likely N-dealkylation sites (N-methyl/N-ethyl adjacent to an activating group) is 1. The van der Waals surface area contributed by atoms with Gasteiger partial charge < -0.3 is 23.9 Å². The van der Waals surface area contributed by atoms with Gasteiger partial charge in [-0.15, -0.1) is 0 Å². The van der Waals surface area contributed by atoms with Crippen molar-refractivity contribution in [3.8, 4) is 11.5 Å². The number of nitrogens with zero attached hydrogens (tertiary/aromatic N) is 2. The van der Waals surface area contributed by atoms with E-state index < -0.39 is 23.8 Å². The summed E-state index contributed by atoms with van der Waals surface area (Å²) in [5, 5.41) is 9.50. The van der Waals surface area contributed by atoms with Crippen molar-refractivity contribution in [2.24, 2.45) is 0 Å². The third kappa shape index (κ3) is 6.26. The quantitative estimate of drug-likeness (QED) is 0.311. The van der Waals surface area contributed by atoms with Crippen molar-refractivity contribution in [2.45, 2.75) is 18.7 Å². The van der Waals surface area contributed by atoms with E-state index in [9.17, 15) is 23.1 Å². The van der Waals surface area contributed by atoms with Crippen LogP contribution in [0.3, 0.4) is 0 Å². The minimum atomic E-state index is -4.55. The molecule has 10 heteroatoms. The van der Waals surface area contributed by atoms with Gasteiger partial charge in [0.15, 0.2) is 11.7 Å². The summed E-state index contributed by atoms with van der Waals surface area (Å²) < 4.78 is 55.6. The number of benzene rings is 3. The molecule has 0 aliphatic rings. The number of aromatic nitrogens is 1. The van der Waals surface area contributed by atoms with Gasteiger partial charge in [0.2, 0.25) is 0 Å². The molecule has 1 atom stereocenters. The summed E-state index contributed by atoms with van der Waals surface area (Å²) in [6.45, 7) is 0.867. The predicted octanol–water partition coefficient (Wildman–Crippen LogP) is 5.44. The van der Waals surface area contributed by atoms with E-state index >= 15 is 0 Å². The van der Waals surface area contributed by atoms with E-state index in [0.717, 1.165) is 17.6 Å². The van der Waals surface area contributed by atoms with Crippen LogP contribution >= 0.6 is 0 Å². The van der Waals surface area contributed by atoms with E-state index in [4.69, 9.17) is 13.9 Å². The fourth-order valence-electron chi connectivity index (χ4n) is 3.44. The number of para-hydroxylation sites is 2. The largest absolute Gasteiger partial charge is 0.492 e. The first kappa shape index (κ1) is 24.9. The maximum Gasteiger partial charge on any atom is 0.416 e. The Morgan fingerprint density at radius 1 is 1.06 bits per heavy atom. The van der Waals surface area contributed by atoms with E-state index in [1.165, 1.54) is 12.1 Å². The Kier molecular flexibility index (Phi) is 7.33. The van der Waals surface area contributed by atoms with E-state index in [0.29, 0.717) is 36.1 Å². The number of oxazole rings is 1. The van der Waals surface area contributed by atoms with Crippen LogP contribution in [0.5, 0.6) is 11.5 Å². The summed E-state index contributed by atoms with van der Waals surface area (Å²) in [6, 6.07) is 18.9. The van der Waals surface area contributed by atoms with Crippen LogP contribution in [-0.2, 0) is 17.4 Å². The summed E-state index contributed by atoms with van der Waals surface area (Å²) >= 11 is 0. The summed E-state index contributed by atoms with van der Waals surface area (Å²) in [5.74, 6) is -0.870. The summed E-state index contributed by atoms with van der Waals surface area (Å²) in [4.78, 5) is 17.9. The molecule has 0 bridgehead atoms. The SMILES string of the molecule is CN(CCOc1ccc(C[C@H](Oc2cccc(C(F)(F)F)c2)C(=O)O)cc1)c1nc2ccccc2o1. The van der Waals surface area contributed by atoms with Gasteiger partial charge in [-0.25, -0.2) is 4.79 Å². The molecule has 0 saturated heterocycles. The molecule has 0 fully saturated rings. The van der Waals surface area contributed by atoms with Gasteiger partial charge in [-0.2, -0.15) is 18.2 Å². The van der Waals surface area contributed by atoms with Crippen molar-refractivity contribution < 1.29 is 37.0 Å². The molecule has 0 saturated carbocycles. The zero-order chi connectivity index (χ0) is 25.7. The van der Waals surface area contributed by atoms with Crippen LogP contribution in [0.25, 0.3) is 11.1 Å². The molecule has 1 aromatic heterocycles. The van der Waals surface area contributed by atoms with E-state index in [-0.39, 0.29) is 12.2 Å². The van der Waals surface area contributed by atoms with Gasteiger partial charge in [0.1, 0.15) is 23.6 Å². The molecule has 3 aromatic carbocycles. The van der Waals surface area contributed by atoms with Gasteiger partial charge in [0.25, 0.3) is 6.01 Å². The van der Waals surface area contributed by atoms with Gasteiger partial charge in [-0.05, 0) is 48.0 Å². The number of hydrogen-bond acceptors (Lipinski definition) is 6. The molecule has 4 rings (SSSR count). The maximum absolute atomic E-state index is 12.9. The number of anilines is 1. The molecule has 7 nitrogen and oxygen atoms in total. The third-order valence-electron chi connectivity index (χ3n) is 5.36. The number of carbonyl (C=O) groups is 1. The first-order valence-electron chi connectivity index (χ1n) is 11.0. The Labute approximate surface area is 204 Å². The predicted molar refractivity (Wildman–Crippen MR) is 126 cm³/mol. The molecule has 0 aliphatic carbocycles.